The molecule has 0 aliphatic heterocycles. The van der Waals surface area contributed by atoms with Crippen molar-refractivity contribution in [2.75, 3.05) is 0 Å². The molecule has 0 aromatic carbocycles. The van der Waals surface area contributed by atoms with Crippen molar-refractivity contribution in [3.8, 4) is 5.82 Å². The summed E-state index contributed by atoms with van der Waals surface area (Å²) < 4.78 is 1.26. The van der Waals surface area contributed by atoms with Gasteiger partial charge < -0.3 is 5.11 Å². The van der Waals surface area contributed by atoms with Gasteiger partial charge in [-0.2, -0.15) is 5.10 Å². The van der Waals surface area contributed by atoms with E-state index in [1.165, 1.54) is 24.7 Å². The van der Waals surface area contributed by atoms with E-state index < -0.39 is 10.9 Å². The molecule has 0 radical (unpaired) electrons. The van der Waals surface area contributed by atoms with E-state index in [0.717, 1.165) is 6.20 Å². The van der Waals surface area contributed by atoms with Gasteiger partial charge in [-0.25, -0.2) is 19.4 Å². The summed E-state index contributed by atoms with van der Waals surface area (Å²) in [5.74, 6) is -0.975. The second-order valence-electron chi connectivity index (χ2n) is 3.75. The van der Waals surface area contributed by atoms with Crippen LogP contribution in [0.25, 0.3) is 5.82 Å². The monoisotopic (exact) mass is 263 g/mol. The molecule has 19 heavy (non-hydrogen) atoms. The normalized spacial score (nSPS) is 10.4. The summed E-state index contributed by atoms with van der Waals surface area (Å²) in [6.45, 7) is 3.05. The Morgan fingerprint density at radius 1 is 1.37 bits per heavy atom. The summed E-state index contributed by atoms with van der Waals surface area (Å²) in [5.41, 5.74) is 0.260. The molecule has 2 aromatic rings. The van der Waals surface area contributed by atoms with Crippen molar-refractivity contribution in [2.45, 2.75) is 13.8 Å². The fourth-order valence-electron chi connectivity index (χ4n) is 1.66. The van der Waals surface area contributed by atoms with Crippen molar-refractivity contribution >= 4 is 11.7 Å². The van der Waals surface area contributed by atoms with E-state index >= 15 is 0 Å². The van der Waals surface area contributed by atoms with E-state index in [4.69, 9.17) is 5.11 Å². The molecule has 0 spiro atoms. The lowest BCUT2D eigenvalue weighted by Crippen LogP contribution is -2.06. The minimum atomic E-state index is -1.20. The van der Waals surface area contributed by atoms with E-state index in [9.17, 15) is 14.9 Å². The topological polar surface area (TPSA) is 124 Å². The van der Waals surface area contributed by atoms with Crippen LogP contribution in [0, 0.1) is 24.0 Å². The summed E-state index contributed by atoms with van der Waals surface area (Å²) >= 11 is 0. The van der Waals surface area contributed by atoms with Crippen LogP contribution >= 0.6 is 0 Å². The number of carboxylic acids is 1. The Morgan fingerprint density at radius 2 is 2.05 bits per heavy atom. The van der Waals surface area contributed by atoms with Gasteiger partial charge in [-0.3, -0.25) is 10.1 Å². The van der Waals surface area contributed by atoms with E-state index in [1.807, 2.05) is 0 Å². The first-order valence-electron chi connectivity index (χ1n) is 5.18. The van der Waals surface area contributed by atoms with Gasteiger partial charge in [0.25, 0.3) is 0 Å². The van der Waals surface area contributed by atoms with Crippen LogP contribution in [0.15, 0.2) is 12.4 Å². The van der Waals surface area contributed by atoms with Crippen molar-refractivity contribution in [1.82, 2.24) is 19.7 Å². The highest BCUT2D eigenvalue weighted by Crippen LogP contribution is 2.23. The molecule has 2 heterocycles. The molecule has 0 fully saturated rings. The number of nitro groups is 1. The lowest BCUT2D eigenvalue weighted by Gasteiger charge is -2.01. The van der Waals surface area contributed by atoms with Crippen LogP contribution in [0.4, 0.5) is 5.69 Å². The zero-order valence-corrected chi connectivity index (χ0v) is 10.1. The molecule has 0 unspecified atom stereocenters. The molecule has 1 N–H and O–H groups in total. The molecule has 0 saturated carbocycles. The highest BCUT2D eigenvalue weighted by Gasteiger charge is 2.23. The third-order valence-corrected chi connectivity index (χ3v) is 2.51. The Balaban J connectivity index is 2.51. The number of carbonyl (C=O) groups is 1. The van der Waals surface area contributed by atoms with Gasteiger partial charge in [0.1, 0.15) is 11.4 Å². The third-order valence-electron chi connectivity index (χ3n) is 2.51. The fraction of sp³-hybridized carbons (Fsp3) is 0.200. The van der Waals surface area contributed by atoms with Crippen molar-refractivity contribution in [3.05, 3.63) is 39.6 Å². The second-order valence-corrected chi connectivity index (χ2v) is 3.75. The van der Waals surface area contributed by atoms with E-state index in [-0.39, 0.29) is 22.9 Å². The quantitative estimate of drug-likeness (QED) is 0.643. The predicted molar refractivity (Wildman–Crippen MR) is 62.2 cm³/mol. The molecule has 0 aliphatic carbocycles. The minimum absolute atomic E-state index is 0.0934. The largest absolute Gasteiger partial charge is 0.476 e. The predicted octanol–water partition coefficient (Wildman–Crippen LogP) is 0.886. The van der Waals surface area contributed by atoms with Crippen molar-refractivity contribution in [3.63, 3.8) is 0 Å². The maximum atomic E-state index is 10.9. The SMILES string of the molecule is Cc1nn(-c2cnc(C(=O)O)cn2)c(C)c1[N+](=O)[O-]. The van der Waals surface area contributed by atoms with Crippen LogP contribution in [-0.4, -0.2) is 35.7 Å². The Hall–Kier alpha value is -2.84. The number of hydrogen-bond donors (Lipinski definition) is 1. The lowest BCUT2D eigenvalue weighted by atomic mass is 10.3. The smallest absolute Gasteiger partial charge is 0.356 e. The lowest BCUT2D eigenvalue weighted by molar-refractivity contribution is -0.386. The summed E-state index contributed by atoms with van der Waals surface area (Å²) in [7, 11) is 0. The van der Waals surface area contributed by atoms with Gasteiger partial charge in [-0.05, 0) is 13.8 Å². The molecule has 2 aromatic heterocycles. The minimum Gasteiger partial charge on any atom is -0.476 e. The molecule has 98 valence electrons. The van der Waals surface area contributed by atoms with Crippen molar-refractivity contribution < 1.29 is 14.8 Å². The summed E-state index contributed by atoms with van der Waals surface area (Å²) in [4.78, 5) is 28.6. The fourth-order valence-corrected chi connectivity index (χ4v) is 1.66. The van der Waals surface area contributed by atoms with Gasteiger partial charge in [0.2, 0.25) is 0 Å². The number of hydrogen-bond acceptors (Lipinski definition) is 6. The van der Waals surface area contributed by atoms with Crippen LogP contribution in [-0.2, 0) is 0 Å². The van der Waals surface area contributed by atoms with Gasteiger partial charge in [0.15, 0.2) is 11.5 Å². The molecular formula is C10H9N5O4. The number of aromatic nitrogens is 4. The van der Waals surface area contributed by atoms with Gasteiger partial charge in [0, 0.05) is 0 Å². The Labute approximate surface area is 106 Å². The van der Waals surface area contributed by atoms with Crippen LogP contribution in [0.2, 0.25) is 0 Å². The summed E-state index contributed by atoms with van der Waals surface area (Å²) in [6, 6.07) is 0. The molecule has 0 atom stereocenters. The summed E-state index contributed by atoms with van der Waals surface area (Å²) in [6.07, 6.45) is 2.27. The number of aryl methyl sites for hydroxylation is 1. The molecule has 0 saturated heterocycles. The first kappa shape index (κ1) is 12.6. The third kappa shape index (κ3) is 2.12. The van der Waals surface area contributed by atoms with E-state index in [2.05, 4.69) is 15.1 Å². The number of carboxylic acid groups (broad SMARTS) is 1. The molecule has 0 bridgehead atoms. The highest BCUT2D eigenvalue weighted by atomic mass is 16.6. The molecule has 0 aliphatic rings. The van der Waals surface area contributed by atoms with E-state index in [0.29, 0.717) is 5.69 Å². The molecule has 0 amide bonds. The molecule has 9 heteroatoms. The van der Waals surface area contributed by atoms with Crippen molar-refractivity contribution in [2.24, 2.45) is 0 Å². The maximum absolute atomic E-state index is 10.9. The van der Waals surface area contributed by atoms with Gasteiger partial charge in [0.05, 0.1) is 17.3 Å². The highest BCUT2D eigenvalue weighted by molar-refractivity contribution is 5.84. The maximum Gasteiger partial charge on any atom is 0.356 e. The van der Waals surface area contributed by atoms with E-state index in [1.54, 1.807) is 0 Å². The molecular weight excluding hydrogens is 254 g/mol. The van der Waals surface area contributed by atoms with Gasteiger partial charge in [-0.15, -0.1) is 0 Å². The van der Waals surface area contributed by atoms with Gasteiger partial charge in [-0.1, -0.05) is 0 Å². The Kier molecular flexibility index (Phi) is 2.95. The van der Waals surface area contributed by atoms with Crippen molar-refractivity contribution in [1.29, 1.82) is 0 Å². The Bertz CT molecular complexity index is 661. The zero-order chi connectivity index (χ0) is 14.2. The molecule has 2 rings (SSSR count). The molecule has 9 nitrogen and oxygen atoms in total. The van der Waals surface area contributed by atoms with Crippen LogP contribution in [0.3, 0.4) is 0 Å². The number of aromatic carboxylic acids is 1. The zero-order valence-electron chi connectivity index (χ0n) is 10.1. The number of nitrogens with zero attached hydrogens (tertiary/aromatic N) is 5. The standard InChI is InChI=1S/C10H9N5O4/c1-5-9(15(18)19)6(2)14(13-5)8-4-11-7(3-12-8)10(16)17/h3-4H,1-2H3,(H,16,17). The number of rotatable bonds is 3. The average Bonchev–Trinajstić information content (AvgIpc) is 2.65. The first-order valence-corrected chi connectivity index (χ1v) is 5.18. The van der Waals surface area contributed by atoms with Crippen LogP contribution < -0.4 is 0 Å². The van der Waals surface area contributed by atoms with Crippen LogP contribution in [0.1, 0.15) is 21.9 Å². The summed E-state index contributed by atoms with van der Waals surface area (Å²) in [5, 5.41) is 23.6. The second kappa shape index (κ2) is 4.44. The van der Waals surface area contributed by atoms with Crippen LogP contribution in [0.5, 0.6) is 0 Å². The first-order chi connectivity index (χ1) is 8.91. The Morgan fingerprint density at radius 3 is 2.47 bits per heavy atom. The van der Waals surface area contributed by atoms with Gasteiger partial charge >= 0.3 is 11.7 Å². The average molecular weight is 263 g/mol.